The van der Waals surface area contributed by atoms with Gasteiger partial charge in [0.15, 0.2) is 0 Å². The third-order valence-corrected chi connectivity index (χ3v) is 2.71. The van der Waals surface area contributed by atoms with Crippen molar-refractivity contribution in [3.63, 3.8) is 0 Å². The van der Waals surface area contributed by atoms with Gasteiger partial charge in [-0.3, -0.25) is 13.2 Å². The van der Waals surface area contributed by atoms with Crippen LogP contribution in [0.25, 0.3) is 0 Å². The fourth-order valence-corrected chi connectivity index (χ4v) is 1.83. The van der Waals surface area contributed by atoms with E-state index in [0.29, 0.717) is 6.07 Å². The van der Waals surface area contributed by atoms with Gasteiger partial charge < -0.3 is 14.4 Å². The normalized spacial score (nSPS) is 9.79. The Balaban J connectivity index is 0. The van der Waals surface area contributed by atoms with E-state index in [1.54, 1.807) is 0 Å². The summed E-state index contributed by atoms with van der Waals surface area (Å²) in [5.74, 6) is -2.78. The van der Waals surface area contributed by atoms with Crippen molar-refractivity contribution < 1.29 is 91.5 Å². The third kappa shape index (κ3) is 5.16. The average molecular weight is 304 g/mol. The van der Waals surface area contributed by atoms with Crippen LogP contribution in [0.3, 0.4) is 0 Å². The maximum Gasteiger partial charge on any atom is 1.00 e. The zero-order valence-electron chi connectivity index (χ0n) is 10.5. The number of carbonyl (C=O) groups excluding carboxylic acids is 1. The Hall–Kier alpha value is 0.0700. The first-order valence-corrected chi connectivity index (χ1v) is 5.51. The van der Waals surface area contributed by atoms with E-state index in [1.165, 1.54) is 0 Å². The molecule has 0 aliphatic heterocycles. The van der Waals surface area contributed by atoms with Crippen LogP contribution in [0.4, 0.5) is 0 Å². The molecule has 0 heterocycles. The van der Waals surface area contributed by atoms with Gasteiger partial charge in [0.1, 0.15) is 0 Å². The van der Waals surface area contributed by atoms with Gasteiger partial charge in [-0.1, -0.05) is 0 Å². The summed E-state index contributed by atoms with van der Waals surface area (Å²) in [6.45, 7) is 0. The van der Waals surface area contributed by atoms with E-state index in [0.717, 1.165) is 13.2 Å². The van der Waals surface area contributed by atoms with E-state index in [2.05, 4.69) is 10.8 Å². The van der Waals surface area contributed by atoms with Gasteiger partial charge in [0.2, 0.25) is 0 Å². The molecule has 0 fully saturated rings. The van der Waals surface area contributed by atoms with Gasteiger partial charge in [0.25, 0.3) is 5.97 Å². The first-order chi connectivity index (χ1) is 7.79. The van der Waals surface area contributed by atoms with Gasteiger partial charge in [0.05, 0.1) is 17.2 Å². The van der Waals surface area contributed by atoms with E-state index in [4.69, 9.17) is 5.11 Å². The number of rotatable bonds is 3. The number of carbonyl (C=O) groups is 2. The molecule has 0 aliphatic rings. The number of hydrogen-bond acceptors (Lipinski definition) is 6. The molecule has 1 aromatic rings. The Kier molecular flexibility index (Phi) is 9.42. The summed E-state index contributed by atoms with van der Waals surface area (Å²) < 4.78 is 36.8. The first-order valence-electron chi connectivity index (χ1n) is 4.10. The minimum absolute atomic E-state index is 0. The molecule has 1 aromatic carbocycles. The molecule has 0 saturated carbocycles. The minimum Gasteiger partial charge on any atom is -0.754 e. The van der Waals surface area contributed by atoms with E-state index in [9.17, 15) is 22.6 Å². The van der Waals surface area contributed by atoms with Crippen molar-refractivity contribution in [1.82, 2.24) is 0 Å². The topological polar surface area (TPSA) is 121 Å². The molecular weight excluding hydrogens is 298 g/mol. The van der Waals surface area contributed by atoms with Crippen LogP contribution in [0.2, 0.25) is 0 Å². The van der Waals surface area contributed by atoms with Crippen LogP contribution in [0.15, 0.2) is 17.0 Å². The van der Waals surface area contributed by atoms with Crippen LogP contribution in [-0.2, 0) is 14.9 Å². The number of carboxylic acid groups (broad SMARTS) is 1. The molecule has 0 saturated heterocycles. The van der Waals surface area contributed by atoms with Gasteiger partial charge in [-0.25, -0.2) is 4.79 Å². The molecule has 0 aliphatic carbocycles. The number of hydrogen-bond donors (Lipinski definition) is 1. The van der Waals surface area contributed by atoms with Crippen LogP contribution < -0.4 is 59.1 Å². The predicted octanol–water partition coefficient (Wildman–Crippen LogP) is -6.12. The van der Waals surface area contributed by atoms with Crippen LogP contribution >= 0.6 is 0 Å². The Bertz CT molecular complexity index is 582. The van der Waals surface area contributed by atoms with Gasteiger partial charge in [-0.05, 0) is 16.0 Å². The minimum atomic E-state index is -5.01. The number of ether oxygens (including phenoxy) is 1. The summed E-state index contributed by atoms with van der Waals surface area (Å²) in [5, 5.41) is 8.83. The number of carboxylic acids is 1. The molecule has 19 heavy (non-hydrogen) atoms. The van der Waals surface area contributed by atoms with Crippen molar-refractivity contribution in [3.05, 3.63) is 29.3 Å². The number of esters is 1. The average Bonchev–Trinajstić information content (AvgIpc) is 2.25. The third-order valence-electron chi connectivity index (χ3n) is 1.85. The van der Waals surface area contributed by atoms with E-state index >= 15 is 0 Å². The van der Waals surface area contributed by atoms with Crippen LogP contribution in [-0.4, -0.2) is 37.1 Å². The largest absolute Gasteiger partial charge is 1.00 e. The molecule has 0 unspecified atom stereocenters. The van der Waals surface area contributed by atoms with Crippen molar-refractivity contribution in [3.8, 4) is 0 Å². The number of methoxy groups -OCH3 is 1. The van der Waals surface area contributed by atoms with Crippen molar-refractivity contribution in [2.24, 2.45) is 0 Å². The first kappa shape index (κ1) is 21.4. The molecule has 1 rings (SSSR count). The fourth-order valence-electron chi connectivity index (χ4n) is 1.17. The molecule has 10 heteroatoms. The van der Waals surface area contributed by atoms with Gasteiger partial charge in [-0.2, -0.15) is 18.2 Å². The standard InChI is InChI=1S/C9H7O7S.2Na/c1-16-9(12)5-3-2-4-6(17(13,14)15)7(5)8(10)11;;/h3-4H,1H3,(H,10,11)(H,13,14,15);;/q-1;2*+1/p-1. The second-order valence-electron chi connectivity index (χ2n) is 2.86. The molecule has 0 aromatic heterocycles. The van der Waals surface area contributed by atoms with Crippen molar-refractivity contribution in [2.45, 2.75) is 4.90 Å². The maximum absolute atomic E-state index is 11.2. The Morgan fingerprint density at radius 2 is 1.84 bits per heavy atom. The van der Waals surface area contributed by atoms with Crippen molar-refractivity contribution >= 4 is 22.1 Å². The molecule has 0 bridgehead atoms. The zero-order chi connectivity index (χ0) is 13.2. The SMILES string of the molecule is COC(=O)c1c[c-]cc(S(=O)(=O)[O-])c1C(=O)O.[Na+].[Na+]. The molecule has 0 amide bonds. The smallest absolute Gasteiger partial charge is 0.754 e. The van der Waals surface area contributed by atoms with Crippen molar-refractivity contribution in [2.75, 3.05) is 7.11 Å². The van der Waals surface area contributed by atoms with Crippen LogP contribution in [0.1, 0.15) is 20.7 Å². The van der Waals surface area contributed by atoms with Crippen molar-refractivity contribution in [1.29, 1.82) is 0 Å². The number of aromatic carboxylic acids is 1. The summed E-state index contributed by atoms with van der Waals surface area (Å²) in [5.41, 5.74) is -1.46. The summed E-state index contributed by atoms with van der Waals surface area (Å²) in [7, 11) is -4.02. The van der Waals surface area contributed by atoms with Crippen LogP contribution in [0.5, 0.6) is 0 Å². The van der Waals surface area contributed by atoms with Gasteiger partial charge in [0, 0.05) is 0 Å². The summed E-state index contributed by atoms with van der Waals surface area (Å²) in [6.07, 6.45) is 0. The molecule has 0 atom stereocenters. The monoisotopic (exact) mass is 304 g/mol. The second kappa shape index (κ2) is 8.38. The summed E-state index contributed by atoms with van der Waals surface area (Å²) >= 11 is 0. The number of benzene rings is 1. The van der Waals surface area contributed by atoms with Gasteiger partial charge >= 0.3 is 65.1 Å². The molecule has 7 nitrogen and oxygen atoms in total. The molecule has 92 valence electrons. The predicted molar refractivity (Wildman–Crippen MR) is 51.5 cm³/mol. The molecular formula is C9H6Na2O7S. The fraction of sp³-hybridized carbons (Fsp3) is 0.111. The quantitative estimate of drug-likeness (QED) is 0.255. The molecule has 0 radical (unpaired) electrons. The Morgan fingerprint density at radius 1 is 1.32 bits per heavy atom. The molecule has 0 spiro atoms. The summed E-state index contributed by atoms with van der Waals surface area (Å²) in [4.78, 5) is 21.1. The van der Waals surface area contributed by atoms with E-state index in [1.807, 2.05) is 0 Å². The Labute approximate surface area is 153 Å². The maximum atomic E-state index is 11.2. The van der Waals surface area contributed by atoms with Gasteiger partial charge in [-0.15, -0.1) is 0 Å². The second-order valence-corrected chi connectivity index (χ2v) is 4.21. The summed E-state index contributed by atoms with van der Waals surface area (Å²) in [6, 6.07) is 3.83. The Morgan fingerprint density at radius 3 is 2.21 bits per heavy atom. The van der Waals surface area contributed by atoms with Crippen LogP contribution in [0, 0.1) is 6.07 Å². The van der Waals surface area contributed by atoms with E-state index < -0.39 is 38.1 Å². The van der Waals surface area contributed by atoms with E-state index in [-0.39, 0.29) is 59.1 Å². The zero-order valence-corrected chi connectivity index (χ0v) is 15.3. The molecule has 1 N–H and O–H groups in total.